The molecule has 2 aromatic carbocycles. The van der Waals surface area contributed by atoms with E-state index in [1.807, 2.05) is 0 Å². The van der Waals surface area contributed by atoms with Gasteiger partial charge in [0, 0.05) is 38.2 Å². The predicted molar refractivity (Wildman–Crippen MR) is 179 cm³/mol. The van der Waals surface area contributed by atoms with Crippen LogP contribution in [0, 0.1) is 0 Å². The Morgan fingerprint density at radius 3 is 2.39 bits per heavy atom. The molecule has 4 rings (SSSR count). The minimum Gasteiger partial charge on any atom is -0.495 e. The molecular weight excluding hydrogens is 666 g/mol. The first-order chi connectivity index (χ1) is 23.4. The van der Waals surface area contributed by atoms with Crippen molar-refractivity contribution in [3.8, 4) is 16.9 Å². The van der Waals surface area contributed by atoms with Crippen molar-refractivity contribution in [3.63, 3.8) is 0 Å². The highest BCUT2D eigenvalue weighted by molar-refractivity contribution is 7.53. The van der Waals surface area contributed by atoms with Crippen LogP contribution in [-0.2, 0) is 32.5 Å². The number of aryl methyl sites for hydroxylation is 1. The Kier molecular flexibility index (Phi) is 12.8. The van der Waals surface area contributed by atoms with E-state index in [4.69, 9.17) is 18.9 Å². The lowest BCUT2D eigenvalue weighted by Gasteiger charge is -2.19. The van der Waals surface area contributed by atoms with Gasteiger partial charge in [-0.2, -0.15) is 23.3 Å². The standard InChI is InChI=1S/C32H39F3N7O6P/c1-5-47-49(45,48-6-2)20-21-9-11-27(28(15-21)46-4)40-31-37-18-25(32(33,34)35)29(41-31)39-26-12-10-22(16-24(26)30(44)36-3)23-17-38-42(19-23)13-7-8-14-43/h9-12,15-19,43H,5-8,13-14,20H2,1-4H3,(H,36,44)(H2,37,39,40,41). The summed E-state index contributed by atoms with van der Waals surface area (Å²) in [6, 6.07) is 9.53. The number of carbonyl (C=O) groups excluding carboxylic acids is 1. The molecule has 2 aromatic heterocycles. The van der Waals surface area contributed by atoms with Crippen molar-refractivity contribution in [2.45, 2.75) is 45.6 Å². The number of ether oxygens (including phenoxy) is 1. The highest BCUT2D eigenvalue weighted by Crippen LogP contribution is 2.51. The van der Waals surface area contributed by atoms with Crippen LogP contribution in [0.15, 0.2) is 55.0 Å². The number of hydrogen-bond acceptors (Lipinski definition) is 11. The molecular formula is C32H39F3N7O6P. The monoisotopic (exact) mass is 705 g/mol. The van der Waals surface area contributed by atoms with Gasteiger partial charge in [-0.25, -0.2) is 4.98 Å². The minimum absolute atomic E-state index is 0.0183. The van der Waals surface area contributed by atoms with Crippen molar-refractivity contribution < 1.29 is 41.4 Å². The zero-order chi connectivity index (χ0) is 35.6. The molecule has 4 aromatic rings. The number of amides is 1. The van der Waals surface area contributed by atoms with Crippen LogP contribution in [0.2, 0.25) is 0 Å². The van der Waals surface area contributed by atoms with Crippen molar-refractivity contribution in [1.82, 2.24) is 25.1 Å². The van der Waals surface area contributed by atoms with Gasteiger partial charge in [0.1, 0.15) is 17.1 Å². The average molecular weight is 706 g/mol. The van der Waals surface area contributed by atoms with E-state index in [2.05, 4.69) is 31.0 Å². The number of methoxy groups -OCH3 is 1. The van der Waals surface area contributed by atoms with Gasteiger partial charge in [-0.15, -0.1) is 0 Å². The number of benzene rings is 2. The summed E-state index contributed by atoms with van der Waals surface area (Å²) in [4.78, 5) is 20.9. The first-order valence-corrected chi connectivity index (χ1v) is 17.2. The van der Waals surface area contributed by atoms with E-state index in [1.54, 1.807) is 61.3 Å². The molecule has 1 amide bonds. The summed E-state index contributed by atoms with van der Waals surface area (Å²) in [5, 5.41) is 21.4. The molecule has 264 valence electrons. The van der Waals surface area contributed by atoms with Crippen LogP contribution in [0.3, 0.4) is 0 Å². The van der Waals surface area contributed by atoms with Gasteiger partial charge in [0.15, 0.2) is 0 Å². The number of unbranched alkanes of at least 4 members (excludes halogenated alkanes) is 1. The van der Waals surface area contributed by atoms with Crippen LogP contribution in [0.5, 0.6) is 5.75 Å². The summed E-state index contributed by atoms with van der Waals surface area (Å²) in [6.45, 7) is 4.48. The number of aromatic nitrogens is 4. The van der Waals surface area contributed by atoms with Gasteiger partial charge in [0.05, 0.1) is 49.6 Å². The summed E-state index contributed by atoms with van der Waals surface area (Å²) >= 11 is 0. The smallest absolute Gasteiger partial charge is 0.421 e. The van der Waals surface area contributed by atoms with E-state index in [-0.39, 0.29) is 48.9 Å². The number of nitrogens with one attached hydrogen (secondary N) is 3. The van der Waals surface area contributed by atoms with Gasteiger partial charge >= 0.3 is 13.8 Å². The SMILES string of the molecule is CCOP(=O)(Cc1ccc(Nc2ncc(C(F)(F)F)c(Nc3ccc(-c4cnn(CCCCO)c4)cc3C(=O)NC)n2)c(OC)c1)OCC. The molecule has 49 heavy (non-hydrogen) atoms. The van der Waals surface area contributed by atoms with E-state index < -0.39 is 31.1 Å². The van der Waals surface area contributed by atoms with E-state index in [1.165, 1.54) is 20.2 Å². The summed E-state index contributed by atoms with van der Waals surface area (Å²) in [7, 11) is -0.591. The van der Waals surface area contributed by atoms with Crippen LogP contribution < -0.4 is 20.7 Å². The molecule has 4 N–H and O–H groups in total. The van der Waals surface area contributed by atoms with Crippen molar-refractivity contribution in [3.05, 3.63) is 71.7 Å². The molecule has 0 fully saturated rings. The fourth-order valence-electron chi connectivity index (χ4n) is 4.85. The Morgan fingerprint density at radius 2 is 1.73 bits per heavy atom. The quantitative estimate of drug-likeness (QED) is 0.0679. The van der Waals surface area contributed by atoms with Crippen LogP contribution in [0.1, 0.15) is 48.2 Å². The molecule has 2 heterocycles. The number of rotatable bonds is 17. The Labute approximate surface area is 281 Å². The largest absolute Gasteiger partial charge is 0.495 e. The van der Waals surface area contributed by atoms with Crippen molar-refractivity contribution in [2.75, 3.05) is 44.6 Å². The fraction of sp³-hybridized carbons (Fsp3) is 0.375. The summed E-state index contributed by atoms with van der Waals surface area (Å²) in [5.74, 6) is -1.04. The highest BCUT2D eigenvalue weighted by atomic mass is 31.2. The lowest BCUT2D eigenvalue weighted by atomic mass is 10.0. The Bertz CT molecular complexity index is 1780. The van der Waals surface area contributed by atoms with Crippen molar-refractivity contribution in [1.29, 1.82) is 0 Å². The Balaban J connectivity index is 1.65. The number of aliphatic hydroxyl groups is 1. The molecule has 17 heteroatoms. The number of alkyl halides is 3. The second-order valence-corrected chi connectivity index (χ2v) is 12.7. The molecule has 0 aliphatic heterocycles. The molecule has 0 unspecified atom stereocenters. The summed E-state index contributed by atoms with van der Waals surface area (Å²) < 4.78 is 73.4. The van der Waals surface area contributed by atoms with Gasteiger partial charge < -0.3 is 34.8 Å². The first kappa shape index (κ1) is 37.3. The van der Waals surface area contributed by atoms with Crippen LogP contribution in [0.25, 0.3) is 11.1 Å². The zero-order valence-corrected chi connectivity index (χ0v) is 28.4. The molecule has 0 radical (unpaired) electrons. The maximum absolute atomic E-state index is 14.1. The topological polar surface area (TPSA) is 162 Å². The molecule has 0 bridgehead atoms. The zero-order valence-electron chi connectivity index (χ0n) is 27.5. The van der Waals surface area contributed by atoms with E-state index >= 15 is 0 Å². The van der Waals surface area contributed by atoms with Gasteiger partial charge in [0.2, 0.25) is 5.95 Å². The minimum atomic E-state index is -4.83. The van der Waals surface area contributed by atoms with Crippen molar-refractivity contribution in [2.24, 2.45) is 0 Å². The summed E-state index contributed by atoms with van der Waals surface area (Å²) in [5.41, 5.74) is 1.22. The maximum atomic E-state index is 14.1. The summed E-state index contributed by atoms with van der Waals surface area (Å²) in [6.07, 6.45) is 0.558. The van der Waals surface area contributed by atoms with Gasteiger partial charge in [-0.3, -0.25) is 14.0 Å². The van der Waals surface area contributed by atoms with Gasteiger partial charge in [-0.1, -0.05) is 12.1 Å². The van der Waals surface area contributed by atoms with Crippen LogP contribution >= 0.6 is 7.60 Å². The third kappa shape index (κ3) is 9.79. The van der Waals surface area contributed by atoms with Crippen LogP contribution in [0.4, 0.5) is 36.3 Å². The number of aliphatic hydroxyl groups excluding tert-OH is 1. The first-order valence-electron chi connectivity index (χ1n) is 15.5. The molecule has 0 saturated carbocycles. The fourth-order valence-corrected chi connectivity index (χ4v) is 6.54. The van der Waals surface area contributed by atoms with Crippen molar-refractivity contribution >= 4 is 36.6 Å². The number of halogens is 3. The van der Waals surface area contributed by atoms with E-state index in [9.17, 15) is 22.5 Å². The highest BCUT2D eigenvalue weighted by Gasteiger charge is 2.36. The molecule has 0 atom stereocenters. The number of carbonyl (C=O) groups is 1. The van der Waals surface area contributed by atoms with Crippen LogP contribution in [-0.4, -0.2) is 64.7 Å². The molecule has 0 spiro atoms. The normalized spacial score (nSPS) is 11.8. The molecule has 13 nitrogen and oxygen atoms in total. The third-order valence-corrected chi connectivity index (χ3v) is 9.20. The van der Waals surface area contributed by atoms with Gasteiger partial charge in [-0.05, 0) is 62.1 Å². The predicted octanol–water partition coefficient (Wildman–Crippen LogP) is 6.75. The molecule has 0 aliphatic carbocycles. The van der Waals surface area contributed by atoms with E-state index in [0.717, 1.165) is 6.42 Å². The second kappa shape index (κ2) is 16.7. The number of anilines is 4. The second-order valence-electron chi connectivity index (χ2n) is 10.6. The number of hydrogen-bond donors (Lipinski definition) is 4. The van der Waals surface area contributed by atoms with E-state index in [0.29, 0.717) is 41.5 Å². The van der Waals surface area contributed by atoms with Gasteiger partial charge in [0.25, 0.3) is 5.91 Å². The lowest BCUT2D eigenvalue weighted by molar-refractivity contribution is -0.137. The average Bonchev–Trinajstić information content (AvgIpc) is 3.54. The molecule has 0 saturated heterocycles. The maximum Gasteiger partial charge on any atom is 0.421 e. The third-order valence-electron chi connectivity index (χ3n) is 7.14. The number of nitrogens with zero attached hydrogens (tertiary/aromatic N) is 4. The lowest BCUT2D eigenvalue weighted by Crippen LogP contribution is -2.20. The Hall–Kier alpha value is -4.50. The Morgan fingerprint density at radius 1 is 1.00 bits per heavy atom. The molecule has 0 aliphatic rings.